The van der Waals surface area contributed by atoms with Crippen molar-refractivity contribution in [3.8, 4) is 6.07 Å². The van der Waals surface area contributed by atoms with Gasteiger partial charge < -0.3 is 5.32 Å². The Kier molecular flexibility index (Phi) is 5.26. The monoisotopic (exact) mass is 399 g/mol. The van der Waals surface area contributed by atoms with Crippen molar-refractivity contribution in [2.45, 2.75) is 4.90 Å². The number of hydrogen-bond donors (Lipinski definition) is 2. The van der Waals surface area contributed by atoms with Crippen LogP contribution in [0.2, 0.25) is 5.02 Å². The van der Waals surface area contributed by atoms with Gasteiger partial charge in [-0.05, 0) is 35.9 Å². The van der Waals surface area contributed by atoms with Crippen LogP contribution in [0.4, 0.5) is 17.3 Å². The molecule has 0 saturated carbocycles. The van der Waals surface area contributed by atoms with E-state index in [4.69, 9.17) is 11.6 Å². The van der Waals surface area contributed by atoms with Gasteiger partial charge >= 0.3 is 0 Å². The molecule has 3 rings (SSSR count). The number of sulfone groups is 1. The molecule has 2 N–H and O–H groups in total. The van der Waals surface area contributed by atoms with E-state index >= 15 is 0 Å². The standard InChI is InChI=1S/C18H14ClN5O2S/c1-27(25,26)15-7-5-12(6-8-15)11-21-17-16(10-20)18(24-23-17)22-14-4-2-3-13(19)9-14/h2-9,11H,1H3,(H2,22,23,24)/b21-11+. The van der Waals surface area contributed by atoms with Crippen LogP contribution in [-0.2, 0) is 9.84 Å². The minimum atomic E-state index is -3.25. The van der Waals surface area contributed by atoms with Crippen LogP contribution in [0.1, 0.15) is 11.1 Å². The van der Waals surface area contributed by atoms with E-state index in [0.29, 0.717) is 22.1 Å². The Balaban J connectivity index is 1.82. The minimum absolute atomic E-state index is 0.229. The first-order valence-corrected chi connectivity index (χ1v) is 9.99. The van der Waals surface area contributed by atoms with Crippen molar-refractivity contribution < 1.29 is 8.42 Å². The summed E-state index contributed by atoms with van der Waals surface area (Å²) < 4.78 is 23.0. The zero-order valence-corrected chi connectivity index (χ0v) is 15.7. The van der Waals surface area contributed by atoms with E-state index in [9.17, 15) is 13.7 Å². The molecular formula is C18H14ClN5O2S. The maximum Gasteiger partial charge on any atom is 0.175 e. The second-order valence-electron chi connectivity index (χ2n) is 5.64. The summed E-state index contributed by atoms with van der Waals surface area (Å²) >= 11 is 5.95. The smallest absolute Gasteiger partial charge is 0.175 e. The van der Waals surface area contributed by atoms with Crippen LogP contribution in [0.3, 0.4) is 0 Å². The Morgan fingerprint density at radius 3 is 2.63 bits per heavy atom. The molecule has 0 fully saturated rings. The summed E-state index contributed by atoms with van der Waals surface area (Å²) in [6.45, 7) is 0. The molecule has 0 aliphatic heterocycles. The number of nitriles is 1. The molecule has 0 saturated heterocycles. The molecule has 0 amide bonds. The Hall–Kier alpha value is -3.15. The Morgan fingerprint density at radius 1 is 1.26 bits per heavy atom. The number of halogens is 1. The van der Waals surface area contributed by atoms with Crippen LogP contribution in [0.5, 0.6) is 0 Å². The van der Waals surface area contributed by atoms with E-state index in [1.807, 2.05) is 0 Å². The SMILES string of the molecule is CS(=O)(=O)c1ccc(/C=N/c2[nH]nc(Nc3cccc(Cl)c3)c2C#N)cc1. The van der Waals surface area contributed by atoms with Gasteiger partial charge in [-0.3, -0.25) is 5.10 Å². The van der Waals surface area contributed by atoms with E-state index in [1.165, 1.54) is 18.3 Å². The topological polar surface area (TPSA) is 111 Å². The lowest BCUT2D eigenvalue weighted by Crippen LogP contribution is -1.96. The molecule has 1 heterocycles. The van der Waals surface area contributed by atoms with Crippen molar-refractivity contribution in [3.63, 3.8) is 0 Å². The van der Waals surface area contributed by atoms with Crippen LogP contribution >= 0.6 is 11.6 Å². The fourth-order valence-electron chi connectivity index (χ4n) is 2.27. The zero-order chi connectivity index (χ0) is 19.4. The fraction of sp³-hybridized carbons (Fsp3) is 0.0556. The third kappa shape index (κ3) is 4.53. The van der Waals surface area contributed by atoms with Gasteiger partial charge in [-0.1, -0.05) is 29.8 Å². The molecule has 136 valence electrons. The highest BCUT2D eigenvalue weighted by atomic mass is 35.5. The summed E-state index contributed by atoms with van der Waals surface area (Å²) in [6, 6.07) is 15.4. The molecule has 0 spiro atoms. The number of nitrogens with one attached hydrogen (secondary N) is 2. The van der Waals surface area contributed by atoms with E-state index in [2.05, 4.69) is 26.6 Å². The number of anilines is 2. The van der Waals surface area contributed by atoms with E-state index in [-0.39, 0.29) is 16.3 Å². The molecular weight excluding hydrogens is 386 g/mol. The Morgan fingerprint density at radius 2 is 2.00 bits per heavy atom. The largest absolute Gasteiger partial charge is 0.338 e. The van der Waals surface area contributed by atoms with Crippen molar-refractivity contribution in [1.29, 1.82) is 5.26 Å². The second kappa shape index (κ2) is 7.61. The maximum absolute atomic E-state index is 11.5. The van der Waals surface area contributed by atoms with Gasteiger partial charge in [-0.15, -0.1) is 0 Å². The predicted octanol–water partition coefficient (Wildman–Crippen LogP) is 3.83. The van der Waals surface area contributed by atoms with Crippen LogP contribution in [0.25, 0.3) is 0 Å². The molecule has 0 radical (unpaired) electrons. The molecule has 2 aromatic carbocycles. The lowest BCUT2D eigenvalue weighted by atomic mass is 10.2. The van der Waals surface area contributed by atoms with E-state index in [0.717, 1.165) is 6.26 Å². The van der Waals surface area contributed by atoms with Crippen molar-refractivity contribution in [2.24, 2.45) is 4.99 Å². The number of hydrogen-bond acceptors (Lipinski definition) is 6. The normalized spacial score (nSPS) is 11.4. The predicted molar refractivity (Wildman–Crippen MR) is 105 cm³/mol. The van der Waals surface area contributed by atoms with Gasteiger partial charge in [0.15, 0.2) is 21.5 Å². The van der Waals surface area contributed by atoms with Crippen molar-refractivity contribution in [3.05, 3.63) is 64.7 Å². The fourth-order valence-corrected chi connectivity index (χ4v) is 3.09. The van der Waals surface area contributed by atoms with Gasteiger partial charge in [-0.2, -0.15) is 10.4 Å². The summed E-state index contributed by atoms with van der Waals surface area (Å²) in [5.41, 5.74) is 1.63. The van der Waals surface area contributed by atoms with Crippen molar-refractivity contribution in [1.82, 2.24) is 10.2 Å². The third-order valence-corrected chi connectivity index (χ3v) is 4.96. The molecule has 1 aromatic heterocycles. The van der Waals surface area contributed by atoms with Crippen molar-refractivity contribution >= 4 is 45.0 Å². The number of nitrogens with zero attached hydrogens (tertiary/aromatic N) is 3. The van der Waals surface area contributed by atoms with Gasteiger partial charge in [0.1, 0.15) is 11.6 Å². The van der Waals surface area contributed by atoms with Gasteiger partial charge in [0.2, 0.25) is 0 Å². The number of aromatic amines is 1. The molecule has 27 heavy (non-hydrogen) atoms. The van der Waals surface area contributed by atoms with Gasteiger partial charge in [0.05, 0.1) is 4.90 Å². The summed E-state index contributed by atoms with van der Waals surface area (Å²) in [4.78, 5) is 4.47. The lowest BCUT2D eigenvalue weighted by molar-refractivity contribution is 0.602. The Bertz CT molecular complexity index is 1150. The number of H-pyrrole nitrogens is 1. The summed E-state index contributed by atoms with van der Waals surface area (Å²) in [5, 5.41) is 19.8. The number of aromatic nitrogens is 2. The second-order valence-corrected chi connectivity index (χ2v) is 8.09. The molecule has 7 nitrogen and oxygen atoms in total. The highest BCUT2D eigenvalue weighted by molar-refractivity contribution is 7.90. The van der Waals surface area contributed by atoms with Crippen molar-refractivity contribution in [2.75, 3.05) is 11.6 Å². The third-order valence-electron chi connectivity index (χ3n) is 3.60. The van der Waals surface area contributed by atoms with Crippen LogP contribution in [-0.4, -0.2) is 31.1 Å². The molecule has 0 aliphatic carbocycles. The number of benzene rings is 2. The first-order valence-electron chi connectivity index (χ1n) is 7.72. The molecule has 9 heteroatoms. The zero-order valence-electron chi connectivity index (χ0n) is 14.1. The highest BCUT2D eigenvalue weighted by Crippen LogP contribution is 2.26. The van der Waals surface area contributed by atoms with E-state index < -0.39 is 9.84 Å². The number of rotatable bonds is 5. The molecule has 0 aliphatic rings. The lowest BCUT2D eigenvalue weighted by Gasteiger charge is -2.03. The summed E-state index contributed by atoms with van der Waals surface area (Å²) in [7, 11) is -3.25. The molecule has 0 unspecified atom stereocenters. The van der Waals surface area contributed by atoms with Crippen LogP contribution < -0.4 is 5.32 Å². The van der Waals surface area contributed by atoms with Gasteiger partial charge in [-0.25, -0.2) is 13.4 Å². The molecule has 0 atom stereocenters. The average molecular weight is 400 g/mol. The van der Waals surface area contributed by atoms with Crippen LogP contribution in [0, 0.1) is 11.3 Å². The van der Waals surface area contributed by atoms with E-state index in [1.54, 1.807) is 36.4 Å². The quantitative estimate of drug-likeness (QED) is 0.633. The molecule has 0 bridgehead atoms. The van der Waals surface area contributed by atoms with Crippen LogP contribution in [0.15, 0.2) is 58.4 Å². The highest BCUT2D eigenvalue weighted by Gasteiger charge is 2.12. The first kappa shape index (κ1) is 18.6. The van der Waals surface area contributed by atoms with Gasteiger partial charge in [0.25, 0.3) is 0 Å². The number of aliphatic imine (C=N–C) groups is 1. The Labute approximate surface area is 161 Å². The summed E-state index contributed by atoms with van der Waals surface area (Å²) in [6.07, 6.45) is 2.66. The molecule has 3 aromatic rings. The van der Waals surface area contributed by atoms with Gasteiger partial charge in [0, 0.05) is 23.2 Å². The minimum Gasteiger partial charge on any atom is -0.338 e. The summed E-state index contributed by atoms with van der Waals surface area (Å²) in [5.74, 6) is 0.619. The maximum atomic E-state index is 11.5. The average Bonchev–Trinajstić information content (AvgIpc) is 3.01. The first-order chi connectivity index (χ1) is 12.9.